The molecule has 1 saturated carbocycles. The lowest BCUT2D eigenvalue weighted by molar-refractivity contribution is 0.249. The van der Waals surface area contributed by atoms with E-state index in [0.717, 1.165) is 35.0 Å². The van der Waals surface area contributed by atoms with Crippen molar-refractivity contribution in [2.75, 3.05) is 5.32 Å². The summed E-state index contributed by atoms with van der Waals surface area (Å²) in [5, 5.41) is 23.6. The number of fused-ring (bicyclic) bond motifs is 1. The van der Waals surface area contributed by atoms with E-state index in [-0.39, 0.29) is 18.7 Å². The quantitative estimate of drug-likeness (QED) is 0.567. The number of carbonyl (C=O) groups excluding carboxylic acids is 1. The normalized spacial score (nSPS) is 15.0. The van der Waals surface area contributed by atoms with Crippen molar-refractivity contribution in [2.45, 2.75) is 38.3 Å². The number of urea groups is 1. The maximum absolute atomic E-state index is 12.3. The number of aromatic nitrogens is 3. The summed E-state index contributed by atoms with van der Waals surface area (Å²) in [6.45, 7) is 1.72. The predicted molar refractivity (Wildman–Crippen MR) is 98.8 cm³/mol. The molecule has 134 valence electrons. The smallest absolute Gasteiger partial charge is 0.320 e. The van der Waals surface area contributed by atoms with E-state index in [4.69, 9.17) is 0 Å². The van der Waals surface area contributed by atoms with Crippen molar-refractivity contribution < 1.29 is 9.90 Å². The lowest BCUT2D eigenvalue weighted by atomic mass is 10.1. The molecule has 7 nitrogen and oxygen atoms in total. The maximum Gasteiger partial charge on any atom is 0.320 e. The first-order valence-electron chi connectivity index (χ1n) is 8.77. The summed E-state index contributed by atoms with van der Waals surface area (Å²) >= 11 is 0. The second kappa shape index (κ2) is 6.76. The summed E-state index contributed by atoms with van der Waals surface area (Å²) in [4.78, 5) is 16.7. The molecule has 0 radical (unpaired) electrons. The summed E-state index contributed by atoms with van der Waals surface area (Å²) in [5.74, 6) is 0.829. The zero-order valence-electron chi connectivity index (χ0n) is 14.5. The molecule has 26 heavy (non-hydrogen) atoms. The van der Waals surface area contributed by atoms with Crippen LogP contribution >= 0.6 is 0 Å². The molecule has 1 atom stereocenters. The molecule has 7 heteroatoms. The lowest BCUT2D eigenvalue weighted by Gasteiger charge is -2.15. The minimum atomic E-state index is -0.348. The zero-order chi connectivity index (χ0) is 18.1. The molecule has 2 amide bonds. The van der Waals surface area contributed by atoms with Gasteiger partial charge in [0.1, 0.15) is 5.82 Å². The Morgan fingerprint density at radius 3 is 2.81 bits per heavy atom. The van der Waals surface area contributed by atoms with Crippen LogP contribution in [0.25, 0.3) is 10.9 Å². The number of nitrogens with zero attached hydrogens (tertiary/aromatic N) is 2. The van der Waals surface area contributed by atoms with Gasteiger partial charge in [-0.05, 0) is 25.3 Å². The minimum Gasteiger partial charge on any atom is -0.390 e. The molecule has 1 aromatic carbocycles. The number of pyridine rings is 1. The Morgan fingerprint density at radius 1 is 1.35 bits per heavy atom. The molecule has 1 aliphatic carbocycles. The maximum atomic E-state index is 12.3. The van der Waals surface area contributed by atoms with Crippen molar-refractivity contribution >= 4 is 22.8 Å². The van der Waals surface area contributed by atoms with Crippen LogP contribution in [0.2, 0.25) is 0 Å². The van der Waals surface area contributed by atoms with Gasteiger partial charge in [-0.25, -0.2) is 9.78 Å². The van der Waals surface area contributed by atoms with Gasteiger partial charge in [-0.2, -0.15) is 5.10 Å². The van der Waals surface area contributed by atoms with Gasteiger partial charge in [0.15, 0.2) is 0 Å². The average Bonchev–Trinajstić information content (AvgIpc) is 3.41. The Hall–Kier alpha value is -2.93. The van der Waals surface area contributed by atoms with Crippen molar-refractivity contribution in [3.05, 3.63) is 53.3 Å². The van der Waals surface area contributed by atoms with Crippen LogP contribution in [0.15, 0.2) is 36.4 Å². The standard InChI is InChI=1S/C19H21N5O2/c1-11(12-5-3-2-4-6-12)20-19(26)22-16-9-14-17(15(10-25)21-16)18(24-23-14)13-7-8-13/h2-6,9,11,13,25H,7-8,10H2,1H3,(H,23,24)(H2,20,21,22,26). The van der Waals surface area contributed by atoms with Crippen LogP contribution in [0, 0.1) is 0 Å². The number of rotatable bonds is 5. The highest BCUT2D eigenvalue weighted by molar-refractivity contribution is 5.92. The number of nitrogens with one attached hydrogen (secondary N) is 3. The molecule has 4 N–H and O–H groups in total. The number of carbonyl (C=O) groups is 1. The van der Waals surface area contributed by atoms with Gasteiger partial charge in [0.05, 0.1) is 29.6 Å². The van der Waals surface area contributed by atoms with Crippen LogP contribution < -0.4 is 10.6 Å². The zero-order valence-corrected chi connectivity index (χ0v) is 14.5. The number of aliphatic hydroxyl groups is 1. The van der Waals surface area contributed by atoms with E-state index in [1.807, 2.05) is 37.3 Å². The van der Waals surface area contributed by atoms with Gasteiger partial charge in [0, 0.05) is 17.4 Å². The predicted octanol–water partition coefficient (Wildman–Crippen LogP) is 3.21. The highest BCUT2D eigenvalue weighted by Crippen LogP contribution is 2.42. The average molecular weight is 351 g/mol. The van der Waals surface area contributed by atoms with Gasteiger partial charge < -0.3 is 10.4 Å². The number of hydrogen-bond acceptors (Lipinski definition) is 4. The molecule has 2 aromatic heterocycles. The van der Waals surface area contributed by atoms with Crippen molar-refractivity contribution in [3.8, 4) is 0 Å². The summed E-state index contributed by atoms with van der Waals surface area (Å²) in [6, 6.07) is 11.0. The third-order valence-corrected chi connectivity index (χ3v) is 4.65. The van der Waals surface area contributed by atoms with Crippen LogP contribution in [0.1, 0.15) is 48.7 Å². The third-order valence-electron chi connectivity index (χ3n) is 4.65. The molecule has 0 aliphatic heterocycles. The Kier molecular flexibility index (Phi) is 4.30. The summed E-state index contributed by atoms with van der Waals surface area (Å²) in [7, 11) is 0. The largest absolute Gasteiger partial charge is 0.390 e. The van der Waals surface area contributed by atoms with E-state index in [1.54, 1.807) is 6.07 Å². The Balaban J connectivity index is 1.52. The first-order valence-corrected chi connectivity index (χ1v) is 8.77. The fraction of sp³-hybridized carbons (Fsp3) is 0.316. The van der Waals surface area contributed by atoms with E-state index in [2.05, 4.69) is 25.8 Å². The second-order valence-corrected chi connectivity index (χ2v) is 6.65. The molecule has 1 fully saturated rings. The SMILES string of the molecule is CC(NC(=O)Nc1cc2[nH]nc(C3CC3)c2c(CO)n1)c1ccccc1. The van der Waals surface area contributed by atoms with Crippen molar-refractivity contribution in [1.29, 1.82) is 0 Å². The molecular formula is C19H21N5O2. The van der Waals surface area contributed by atoms with Crippen molar-refractivity contribution in [1.82, 2.24) is 20.5 Å². The summed E-state index contributed by atoms with van der Waals surface area (Å²) < 4.78 is 0. The summed E-state index contributed by atoms with van der Waals surface area (Å²) in [6.07, 6.45) is 2.23. The fourth-order valence-electron chi connectivity index (χ4n) is 3.15. The molecule has 0 saturated heterocycles. The first kappa shape index (κ1) is 16.5. The molecule has 1 aliphatic rings. The minimum absolute atomic E-state index is 0.133. The van der Waals surface area contributed by atoms with E-state index in [9.17, 15) is 9.90 Å². The van der Waals surface area contributed by atoms with Crippen LogP contribution in [-0.2, 0) is 6.61 Å². The number of aromatic amines is 1. The lowest BCUT2D eigenvalue weighted by Crippen LogP contribution is -2.31. The number of H-pyrrole nitrogens is 1. The second-order valence-electron chi connectivity index (χ2n) is 6.65. The van der Waals surface area contributed by atoms with E-state index < -0.39 is 0 Å². The fourth-order valence-corrected chi connectivity index (χ4v) is 3.15. The number of benzene rings is 1. The van der Waals surface area contributed by atoms with Gasteiger partial charge in [-0.3, -0.25) is 10.4 Å². The van der Waals surface area contributed by atoms with Crippen molar-refractivity contribution in [3.63, 3.8) is 0 Å². The Morgan fingerprint density at radius 2 is 2.12 bits per heavy atom. The van der Waals surface area contributed by atoms with Gasteiger partial charge in [-0.1, -0.05) is 30.3 Å². The number of hydrogen-bond donors (Lipinski definition) is 4. The molecule has 2 heterocycles. The molecule has 1 unspecified atom stereocenters. The van der Waals surface area contributed by atoms with Crippen LogP contribution in [-0.4, -0.2) is 26.3 Å². The van der Waals surface area contributed by atoms with Crippen LogP contribution in [0.3, 0.4) is 0 Å². The topological polar surface area (TPSA) is 103 Å². The Bertz CT molecular complexity index is 934. The monoisotopic (exact) mass is 351 g/mol. The highest BCUT2D eigenvalue weighted by atomic mass is 16.3. The van der Waals surface area contributed by atoms with Crippen LogP contribution in [0.4, 0.5) is 10.6 Å². The Labute approximate surface area is 150 Å². The van der Waals surface area contributed by atoms with Gasteiger partial charge in [0.2, 0.25) is 0 Å². The summed E-state index contributed by atoms with van der Waals surface area (Å²) in [5.41, 5.74) is 3.29. The molecule has 4 rings (SSSR count). The van der Waals surface area contributed by atoms with Gasteiger partial charge in [-0.15, -0.1) is 0 Å². The van der Waals surface area contributed by atoms with E-state index in [0.29, 0.717) is 17.4 Å². The van der Waals surface area contributed by atoms with Crippen molar-refractivity contribution in [2.24, 2.45) is 0 Å². The highest BCUT2D eigenvalue weighted by Gasteiger charge is 2.29. The van der Waals surface area contributed by atoms with E-state index in [1.165, 1.54) is 0 Å². The first-order chi connectivity index (χ1) is 12.7. The molecule has 0 spiro atoms. The molecule has 0 bridgehead atoms. The van der Waals surface area contributed by atoms with Gasteiger partial charge in [0.25, 0.3) is 0 Å². The number of amides is 2. The van der Waals surface area contributed by atoms with Crippen LogP contribution in [0.5, 0.6) is 0 Å². The number of aliphatic hydroxyl groups excluding tert-OH is 1. The van der Waals surface area contributed by atoms with Gasteiger partial charge >= 0.3 is 6.03 Å². The van der Waals surface area contributed by atoms with E-state index >= 15 is 0 Å². The third kappa shape index (κ3) is 3.25. The number of anilines is 1. The molecule has 3 aromatic rings. The molecular weight excluding hydrogens is 330 g/mol.